The quantitative estimate of drug-likeness (QED) is 0.124. The summed E-state index contributed by atoms with van der Waals surface area (Å²) < 4.78 is 11.2. The molecule has 43 heavy (non-hydrogen) atoms. The highest BCUT2D eigenvalue weighted by atomic mass is 31.0. The van der Waals surface area contributed by atoms with Crippen LogP contribution in [0.3, 0.4) is 0 Å². The van der Waals surface area contributed by atoms with Crippen molar-refractivity contribution in [2.24, 2.45) is 0 Å². The summed E-state index contributed by atoms with van der Waals surface area (Å²) in [5, 5.41) is 0.929. The van der Waals surface area contributed by atoms with Gasteiger partial charge in [0.05, 0.1) is 23.5 Å². The van der Waals surface area contributed by atoms with Crippen molar-refractivity contribution in [3.05, 3.63) is 52.2 Å². The lowest BCUT2D eigenvalue weighted by Gasteiger charge is -2.23. The summed E-state index contributed by atoms with van der Waals surface area (Å²) in [4.78, 5) is 47.3. The summed E-state index contributed by atoms with van der Waals surface area (Å²) in [6, 6.07) is 5.83. The first-order valence-corrected chi connectivity index (χ1v) is 16.0. The molecule has 1 aromatic carbocycles. The fraction of sp³-hybridized carbons (Fsp3) is 0.500. The lowest BCUT2D eigenvalue weighted by Crippen LogP contribution is -2.36. The molecular formula is C32H48BN4O5P. The minimum Gasteiger partial charge on any atom is -0.410 e. The predicted molar refractivity (Wildman–Crippen MR) is 180 cm³/mol. The first-order valence-electron chi connectivity index (χ1n) is 14.8. The monoisotopic (exact) mass is 610 g/mol. The van der Waals surface area contributed by atoms with Gasteiger partial charge >= 0.3 is 6.09 Å². The third-order valence-electron chi connectivity index (χ3n) is 7.08. The number of amides is 1. The third kappa shape index (κ3) is 9.72. The lowest BCUT2D eigenvalue weighted by atomic mass is 9.52. The number of ether oxygens (including phenoxy) is 2. The van der Waals surface area contributed by atoms with Crippen molar-refractivity contribution in [3.8, 4) is 5.75 Å². The van der Waals surface area contributed by atoms with E-state index >= 15 is 0 Å². The average Bonchev–Trinajstić information content (AvgIpc) is 3.28. The number of nitrogens with zero attached hydrogens (tertiary/aromatic N) is 4. The Labute approximate surface area is 259 Å². The zero-order valence-corrected chi connectivity index (χ0v) is 28.3. The van der Waals surface area contributed by atoms with E-state index in [0.717, 1.165) is 58.7 Å². The molecule has 0 saturated heterocycles. The molecule has 3 rings (SSSR count). The van der Waals surface area contributed by atoms with Gasteiger partial charge in [0.2, 0.25) is 0 Å². The van der Waals surface area contributed by atoms with Crippen LogP contribution in [0.2, 0.25) is 20.0 Å². The van der Waals surface area contributed by atoms with Crippen LogP contribution in [0.5, 0.6) is 5.75 Å². The average molecular weight is 611 g/mol. The van der Waals surface area contributed by atoms with E-state index in [-0.39, 0.29) is 19.1 Å². The fourth-order valence-electron chi connectivity index (χ4n) is 4.98. The second-order valence-corrected chi connectivity index (χ2v) is 11.2. The Balaban J connectivity index is 0.00000316. The van der Waals surface area contributed by atoms with Crippen LogP contribution in [0.1, 0.15) is 36.6 Å². The molecule has 0 fully saturated rings. The summed E-state index contributed by atoms with van der Waals surface area (Å²) in [6.45, 7) is 11.4. The molecule has 1 unspecified atom stereocenters. The number of fused-ring (bicyclic) bond motifs is 2. The third-order valence-corrected chi connectivity index (χ3v) is 7.08. The number of aldehydes is 2. The van der Waals surface area contributed by atoms with E-state index in [1.807, 2.05) is 50.9 Å². The van der Waals surface area contributed by atoms with E-state index in [0.29, 0.717) is 49.8 Å². The van der Waals surface area contributed by atoms with Gasteiger partial charge in [0.1, 0.15) is 25.0 Å². The van der Waals surface area contributed by atoms with Crippen LogP contribution in [-0.2, 0) is 27.4 Å². The fourth-order valence-corrected chi connectivity index (χ4v) is 4.98. The molecule has 0 radical (unpaired) electrons. The number of pyridine rings is 1. The topological polar surface area (TPSA) is 92.3 Å². The second-order valence-electron chi connectivity index (χ2n) is 11.2. The highest BCUT2D eigenvalue weighted by Crippen LogP contribution is 2.37. The van der Waals surface area contributed by atoms with Crippen LogP contribution in [0.15, 0.2) is 35.4 Å². The zero-order chi connectivity index (χ0) is 32.1. The maximum absolute atomic E-state index is 13.2. The smallest absolute Gasteiger partial charge is 0.410 e. The minimum atomic E-state index is -0.331. The van der Waals surface area contributed by atoms with Gasteiger partial charge in [-0.15, -0.1) is 9.24 Å². The molecule has 1 aliphatic rings. The van der Waals surface area contributed by atoms with Crippen LogP contribution in [0, 0.1) is 0 Å². The maximum Gasteiger partial charge on any atom is 0.415 e. The van der Waals surface area contributed by atoms with Crippen molar-refractivity contribution >= 4 is 51.2 Å². The Morgan fingerprint density at radius 2 is 1.88 bits per heavy atom. The van der Waals surface area contributed by atoms with Crippen LogP contribution in [0.4, 0.5) is 4.79 Å². The van der Waals surface area contributed by atoms with Gasteiger partial charge in [0, 0.05) is 63.3 Å². The Morgan fingerprint density at radius 3 is 2.47 bits per heavy atom. The molecule has 0 spiro atoms. The molecule has 1 aliphatic heterocycles. The summed E-state index contributed by atoms with van der Waals surface area (Å²) in [6.07, 6.45) is 4.94. The van der Waals surface area contributed by atoms with Crippen molar-refractivity contribution in [1.82, 2.24) is 19.7 Å². The van der Waals surface area contributed by atoms with Gasteiger partial charge in [0.25, 0.3) is 0 Å². The van der Waals surface area contributed by atoms with Crippen LogP contribution >= 0.6 is 9.24 Å². The number of hydrogen-bond acceptors (Lipinski definition) is 8. The van der Waals surface area contributed by atoms with E-state index < -0.39 is 0 Å². The first-order chi connectivity index (χ1) is 20.6. The van der Waals surface area contributed by atoms with Crippen molar-refractivity contribution in [3.63, 3.8) is 0 Å². The number of methoxy groups -OCH3 is 1. The zero-order valence-electron chi connectivity index (χ0n) is 27.1. The Bertz CT molecular complexity index is 1330. The second kappa shape index (κ2) is 17.9. The van der Waals surface area contributed by atoms with Crippen molar-refractivity contribution < 1.29 is 23.9 Å². The van der Waals surface area contributed by atoms with Gasteiger partial charge in [0.15, 0.2) is 0 Å². The molecular weight excluding hydrogens is 562 g/mol. The molecule has 0 aliphatic carbocycles. The number of hydrogen-bond donors (Lipinski definition) is 0. The number of allylic oxidation sites excluding steroid dienone is 2. The number of benzene rings is 1. The molecule has 0 saturated carbocycles. The highest BCUT2D eigenvalue weighted by Gasteiger charge is 2.26. The van der Waals surface area contributed by atoms with Gasteiger partial charge in [-0.25, -0.2) is 9.78 Å². The Morgan fingerprint density at radius 1 is 1.16 bits per heavy atom. The molecule has 234 valence electrons. The normalized spacial score (nSPS) is 13.8. The van der Waals surface area contributed by atoms with Gasteiger partial charge in [-0.3, -0.25) is 4.79 Å². The molecule has 11 heteroatoms. The van der Waals surface area contributed by atoms with Crippen molar-refractivity contribution in [2.75, 3.05) is 54.6 Å². The van der Waals surface area contributed by atoms with E-state index in [1.54, 1.807) is 4.90 Å². The molecule has 1 aromatic heterocycles. The Kier molecular flexibility index (Phi) is 15.0. The maximum atomic E-state index is 13.2. The van der Waals surface area contributed by atoms with E-state index in [1.165, 1.54) is 7.11 Å². The SMILES string of the molecule is CCCN(CCB(C)C)C(=O)Oc1ccc2nc3c(cc2c1CN(C)C)CN(C)/C3=C\C(CC=O)=C(/C=O)COC.CP. The molecule has 2 aromatic rings. The van der Waals surface area contributed by atoms with Gasteiger partial charge in [-0.2, -0.15) is 0 Å². The molecule has 9 nitrogen and oxygen atoms in total. The van der Waals surface area contributed by atoms with Crippen molar-refractivity contribution in [2.45, 2.75) is 52.8 Å². The van der Waals surface area contributed by atoms with E-state index in [9.17, 15) is 14.4 Å². The molecule has 2 heterocycles. The van der Waals surface area contributed by atoms with E-state index in [4.69, 9.17) is 14.5 Å². The van der Waals surface area contributed by atoms with Crippen LogP contribution in [-0.4, -0.2) is 99.7 Å². The standard InChI is InChI=1S/C31H43BN4O5.CH5P/c1-8-13-36(14-12-32(2)3)31(39)41-29-10-9-27-25(26(29)19-34(4)5)16-23-18-35(6)28(30(23)33-27)17-22(11-15-37)24(20-38)21-40-7;1-2/h9-10,15-17,20H,8,11-14,18-19,21H2,1-7H3;2H2,1H3/b24-22+,28-17-;. The lowest BCUT2D eigenvalue weighted by molar-refractivity contribution is -0.107. The van der Waals surface area contributed by atoms with Gasteiger partial charge in [-0.05, 0) is 55.9 Å². The number of carbonyl (C=O) groups excluding carboxylic acids is 3. The van der Waals surface area contributed by atoms with Crippen LogP contribution in [0.25, 0.3) is 16.6 Å². The number of carbonyl (C=O) groups is 3. The minimum absolute atomic E-state index is 0.103. The number of aromatic nitrogens is 1. The van der Waals surface area contributed by atoms with Crippen LogP contribution < -0.4 is 4.74 Å². The molecule has 1 amide bonds. The largest absolute Gasteiger partial charge is 0.415 e. The molecule has 1 atom stereocenters. The summed E-state index contributed by atoms with van der Waals surface area (Å²) >= 11 is 0. The van der Waals surface area contributed by atoms with Gasteiger partial charge < -0.3 is 29.0 Å². The first kappa shape index (κ1) is 36.1. The predicted octanol–water partition coefficient (Wildman–Crippen LogP) is 5.27. The number of rotatable bonds is 14. The summed E-state index contributed by atoms with van der Waals surface area (Å²) in [7, 11) is 9.86. The van der Waals surface area contributed by atoms with E-state index in [2.05, 4.69) is 40.8 Å². The van der Waals surface area contributed by atoms with Gasteiger partial charge in [-0.1, -0.05) is 33.6 Å². The molecule has 0 bridgehead atoms. The van der Waals surface area contributed by atoms with Crippen molar-refractivity contribution in [1.29, 1.82) is 0 Å². The molecule has 0 N–H and O–H groups in total. The summed E-state index contributed by atoms with van der Waals surface area (Å²) in [5.41, 5.74) is 5.37. The Hall–Kier alpha value is -3.07. The summed E-state index contributed by atoms with van der Waals surface area (Å²) in [5.74, 6) is 0.539. The highest BCUT2D eigenvalue weighted by molar-refractivity contribution is 7.15.